The number of nitrogens with one attached hydrogen (secondary N) is 1. The SMILES string of the molecule is Cc1cccc2c(CN3CCc4cnc(C5CCCCC5)nc4C3)c[nH]c12. The summed E-state index contributed by atoms with van der Waals surface area (Å²) < 4.78 is 0. The number of fused-ring (bicyclic) bond motifs is 2. The average molecular weight is 361 g/mol. The Morgan fingerprint density at radius 1 is 1.19 bits per heavy atom. The van der Waals surface area contributed by atoms with Crippen LogP contribution in [0.15, 0.2) is 30.6 Å². The Kier molecular flexibility index (Phi) is 4.44. The van der Waals surface area contributed by atoms with E-state index in [4.69, 9.17) is 9.97 Å². The number of benzene rings is 1. The highest BCUT2D eigenvalue weighted by atomic mass is 15.1. The molecule has 0 saturated heterocycles. The topological polar surface area (TPSA) is 44.8 Å². The van der Waals surface area contributed by atoms with E-state index < -0.39 is 0 Å². The lowest BCUT2D eigenvalue weighted by Crippen LogP contribution is -2.31. The van der Waals surface area contributed by atoms with Gasteiger partial charge in [0.2, 0.25) is 0 Å². The van der Waals surface area contributed by atoms with Crippen molar-refractivity contribution >= 4 is 10.9 Å². The van der Waals surface area contributed by atoms with Gasteiger partial charge in [-0.05, 0) is 42.9 Å². The van der Waals surface area contributed by atoms with Crippen molar-refractivity contribution in [2.45, 2.75) is 64.5 Å². The van der Waals surface area contributed by atoms with Gasteiger partial charge in [0.05, 0.1) is 5.69 Å². The van der Waals surface area contributed by atoms with E-state index >= 15 is 0 Å². The molecule has 2 aliphatic rings. The number of hydrogen-bond donors (Lipinski definition) is 1. The summed E-state index contributed by atoms with van der Waals surface area (Å²) in [4.78, 5) is 15.8. The highest BCUT2D eigenvalue weighted by Crippen LogP contribution is 2.31. The normalized spacial score (nSPS) is 18.7. The Hall–Kier alpha value is -2.20. The Bertz CT molecular complexity index is 952. The molecule has 0 unspecified atom stereocenters. The lowest BCUT2D eigenvalue weighted by atomic mass is 9.88. The molecule has 0 radical (unpaired) electrons. The summed E-state index contributed by atoms with van der Waals surface area (Å²) in [5, 5.41) is 1.35. The van der Waals surface area contributed by atoms with Crippen molar-refractivity contribution in [2.75, 3.05) is 6.54 Å². The number of aryl methyl sites for hydroxylation is 1. The van der Waals surface area contributed by atoms with Crippen LogP contribution in [0, 0.1) is 6.92 Å². The molecule has 1 aliphatic carbocycles. The molecule has 0 spiro atoms. The Morgan fingerprint density at radius 2 is 2.07 bits per heavy atom. The Labute approximate surface area is 161 Å². The largest absolute Gasteiger partial charge is 0.361 e. The summed E-state index contributed by atoms with van der Waals surface area (Å²) in [6.07, 6.45) is 11.9. The van der Waals surface area contributed by atoms with Crippen LogP contribution in [0.4, 0.5) is 0 Å². The maximum Gasteiger partial charge on any atom is 0.131 e. The van der Waals surface area contributed by atoms with Gasteiger partial charge >= 0.3 is 0 Å². The van der Waals surface area contributed by atoms with Gasteiger partial charge < -0.3 is 4.98 Å². The summed E-state index contributed by atoms with van der Waals surface area (Å²) in [6.45, 7) is 5.17. The third-order valence-corrected chi connectivity index (χ3v) is 6.42. The van der Waals surface area contributed by atoms with E-state index in [2.05, 4.69) is 47.4 Å². The number of aromatic nitrogens is 3. The van der Waals surface area contributed by atoms with Gasteiger partial charge in [0, 0.05) is 48.8 Å². The van der Waals surface area contributed by atoms with Crippen LogP contribution < -0.4 is 0 Å². The molecular formula is C23H28N4. The van der Waals surface area contributed by atoms with Crippen LogP contribution in [0.2, 0.25) is 0 Å². The molecule has 2 aromatic heterocycles. The first kappa shape index (κ1) is 16.9. The van der Waals surface area contributed by atoms with Crippen LogP contribution in [-0.2, 0) is 19.5 Å². The maximum atomic E-state index is 5.03. The van der Waals surface area contributed by atoms with Crippen LogP contribution >= 0.6 is 0 Å². The summed E-state index contributed by atoms with van der Waals surface area (Å²) in [5.74, 6) is 1.68. The minimum Gasteiger partial charge on any atom is -0.361 e. The molecule has 0 bridgehead atoms. The average Bonchev–Trinajstić information content (AvgIpc) is 3.12. The third-order valence-electron chi connectivity index (χ3n) is 6.42. The molecule has 140 valence electrons. The molecule has 1 N–H and O–H groups in total. The first-order valence-corrected chi connectivity index (χ1v) is 10.4. The molecule has 4 nitrogen and oxygen atoms in total. The third kappa shape index (κ3) is 3.27. The fourth-order valence-corrected chi connectivity index (χ4v) is 4.80. The Balaban J connectivity index is 1.36. The second-order valence-corrected chi connectivity index (χ2v) is 8.31. The van der Waals surface area contributed by atoms with Gasteiger partial charge in [-0.3, -0.25) is 4.90 Å². The lowest BCUT2D eigenvalue weighted by Gasteiger charge is -2.29. The van der Waals surface area contributed by atoms with Gasteiger partial charge in [-0.25, -0.2) is 9.97 Å². The van der Waals surface area contributed by atoms with E-state index in [1.165, 1.54) is 65.4 Å². The minimum absolute atomic E-state index is 0.580. The van der Waals surface area contributed by atoms with Gasteiger partial charge in [-0.15, -0.1) is 0 Å². The fourth-order valence-electron chi connectivity index (χ4n) is 4.80. The van der Waals surface area contributed by atoms with Gasteiger partial charge in [0.1, 0.15) is 5.82 Å². The fraction of sp³-hybridized carbons (Fsp3) is 0.478. The summed E-state index contributed by atoms with van der Waals surface area (Å²) in [7, 11) is 0. The van der Waals surface area contributed by atoms with E-state index in [1.54, 1.807) is 0 Å². The first-order chi connectivity index (χ1) is 13.3. The molecule has 1 fully saturated rings. The molecular weight excluding hydrogens is 332 g/mol. The smallest absolute Gasteiger partial charge is 0.131 e. The lowest BCUT2D eigenvalue weighted by molar-refractivity contribution is 0.241. The standard InChI is InChI=1S/C23H28N4/c1-16-6-5-9-20-19(13-24-22(16)20)14-27-11-10-18-12-25-23(26-21(18)15-27)17-7-3-2-4-8-17/h5-6,9,12-13,17,24H,2-4,7-8,10-11,14-15H2,1H3. The van der Waals surface area contributed by atoms with E-state index in [0.717, 1.165) is 31.9 Å². The summed E-state index contributed by atoms with van der Waals surface area (Å²) in [5.41, 5.74) is 6.58. The van der Waals surface area contributed by atoms with Crippen molar-refractivity contribution in [3.8, 4) is 0 Å². The van der Waals surface area contributed by atoms with Crippen LogP contribution in [0.5, 0.6) is 0 Å². The van der Waals surface area contributed by atoms with Gasteiger partial charge in [-0.1, -0.05) is 37.5 Å². The highest BCUT2D eigenvalue weighted by molar-refractivity contribution is 5.85. The molecule has 4 heteroatoms. The second kappa shape index (κ2) is 7.08. The van der Waals surface area contributed by atoms with E-state index in [9.17, 15) is 0 Å². The van der Waals surface area contributed by atoms with Crippen molar-refractivity contribution in [2.24, 2.45) is 0 Å². The van der Waals surface area contributed by atoms with E-state index in [0.29, 0.717) is 5.92 Å². The molecule has 0 atom stereocenters. The van der Waals surface area contributed by atoms with Crippen molar-refractivity contribution in [1.82, 2.24) is 19.9 Å². The number of H-pyrrole nitrogens is 1. The molecule has 1 saturated carbocycles. The van der Waals surface area contributed by atoms with Crippen molar-refractivity contribution in [3.63, 3.8) is 0 Å². The quantitative estimate of drug-likeness (QED) is 0.724. The first-order valence-electron chi connectivity index (χ1n) is 10.4. The van der Waals surface area contributed by atoms with Crippen molar-refractivity contribution < 1.29 is 0 Å². The predicted octanol–water partition coefficient (Wildman–Crippen LogP) is 4.87. The zero-order chi connectivity index (χ0) is 18.2. The maximum absolute atomic E-state index is 5.03. The summed E-state index contributed by atoms with van der Waals surface area (Å²) >= 11 is 0. The number of rotatable bonds is 3. The van der Waals surface area contributed by atoms with E-state index in [-0.39, 0.29) is 0 Å². The number of para-hydroxylation sites is 1. The van der Waals surface area contributed by atoms with Gasteiger partial charge in [0.25, 0.3) is 0 Å². The van der Waals surface area contributed by atoms with Gasteiger partial charge in [0.15, 0.2) is 0 Å². The molecule has 3 heterocycles. The molecule has 1 aromatic carbocycles. The van der Waals surface area contributed by atoms with Crippen molar-refractivity contribution in [3.05, 3.63) is 58.8 Å². The molecule has 3 aromatic rings. The number of hydrogen-bond acceptors (Lipinski definition) is 3. The predicted molar refractivity (Wildman–Crippen MR) is 109 cm³/mol. The Morgan fingerprint density at radius 3 is 2.96 bits per heavy atom. The zero-order valence-corrected chi connectivity index (χ0v) is 16.2. The molecule has 5 rings (SSSR count). The van der Waals surface area contributed by atoms with Crippen LogP contribution in [0.25, 0.3) is 10.9 Å². The van der Waals surface area contributed by atoms with Crippen LogP contribution in [0.3, 0.4) is 0 Å². The van der Waals surface area contributed by atoms with Gasteiger partial charge in [-0.2, -0.15) is 0 Å². The zero-order valence-electron chi connectivity index (χ0n) is 16.2. The molecule has 1 aliphatic heterocycles. The number of aromatic amines is 1. The summed E-state index contributed by atoms with van der Waals surface area (Å²) in [6, 6.07) is 6.56. The molecule has 27 heavy (non-hydrogen) atoms. The number of nitrogens with zero attached hydrogens (tertiary/aromatic N) is 3. The molecule has 0 amide bonds. The van der Waals surface area contributed by atoms with Crippen LogP contribution in [-0.4, -0.2) is 26.4 Å². The van der Waals surface area contributed by atoms with Crippen LogP contribution in [0.1, 0.15) is 66.2 Å². The van der Waals surface area contributed by atoms with E-state index in [1.807, 2.05) is 0 Å². The minimum atomic E-state index is 0.580. The monoisotopic (exact) mass is 360 g/mol. The second-order valence-electron chi connectivity index (χ2n) is 8.31. The highest BCUT2D eigenvalue weighted by Gasteiger charge is 2.23. The van der Waals surface area contributed by atoms with Crippen molar-refractivity contribution in [1.29, 1.82) is 0 Å².